The van der Waals surface area contributed by atoms with Crippen LogP contribution in [-0.4, -0.2) is 50.4 Å². The van der Waals surface area contributed by atoms with E-state index in [9.17, 15) is 9.59 Å². The predicted octanol–water partition coefficient (Wildman–Crippen LogP) is 0.217. The van der Waals surface area contributed by atoms with Crippen molar-refractivity contribution in [2.45, 2.75) is 26.7 Å². The molecule has 1 rings (SSSR count). The van der Waals surface area contributed by atoms with Crippen molar-refractivity contribution < 1.29 is 9.59 Å². The molecule has 0 saturated carbocycles. The van der Waals surface area contributed by atoms with Gasteiger partial charge in [0.15, 0.2) is 0 Å². The lowest BCUT2D eigenvalue weighted by molar-refractivity contribution is -0.142. The Morgan fingerprint density at radius 2 is 2.17 bits per heavy atom. The smallest absolute Gasteiger partial charge is 0.229 e. The van der Waals surface area contributed by atoms with Crippen LogP contribution in [0.2, 0.25) is 0 Å². The zero-order valence-corrected chi connectivity index (χ0v) is 11.9. The molecule has 0 radical (unpaired) electrons. The molecule has 0 aromatic carbocycles. The minimum Gasteiger partial charge on any atom is -0.359 e. The number of piperidine rings is 1. The number of carbonyl (C=O) groups excluding carboxylic acids is 2. The van der Waals surface area contributed by atoms with Crippen LogP contribution in [0, 0.1) is 11.3 Å². The second-order valence-corrected chi connectivity index (χ2v) is 5.54. The molecule has 18 heavy (non-hydrogen) atoms. The summed E-state index contributed by atoms with van der Waals surface area (Å²) in [5, 5.41) is 5.88. The summed E-state index contributed by atoms with van der Waals surface area (Å²) in [6, 6.07) is 0. The van der Waals surface area contributed by atoms with Crippen LogP contribution in [0.15, 0.2) is 0 Å². The summed E-state index contributed by atoms with van der Waals surface area (Å²) < 4.78 is 0. The quantitative estimate of drug-likeness (QED) is 0.755. The lowest BCUT2D eigenvalue weighted by Gasteiger charge is -2.36. The summed E-state index contributed by atoms with van der Waals surface area (Å²) in [5.74, 6) is -0.0730. The van der Waals surface area contributed by atoms with Crippen LogP contribution < -0.4 is 10.6 Å². The van der Waals surface area contributed by atoms with Gasteiger partial charge in [0.2, 0.25) is 11.8 Å². The first-order chi connectivity index (χ1) is 8.40. The number of rotatable bonds is 4. The third-order valence-electron chi connectivity index (χ3n) is 3.70. The van der Waals surface area contributed by atoms with Gasteiger partial charge in [-0.3, -0.25) is 9.59 Å². The first-order valence-corrected chi connectivity index (χ1v) is 6.58. The average Bonchev–Trinajstić information content (AvgIpc) is 2.37. The topological polar surface area (TPSA) is 61.4 Å². The van der Waals surface area contributed by atoms with Gasteiger partial charge in [-0.2, -0.15) is 0 Å². The Kier molecular flexibility index (Phi) is 5.14. The highest BCUT2D eigenvalue weighted by Gasteiger charge is 2.37. The van der Waals surface area contributed by atoms with Gasteiger partial charge in [-0.05, 0) is 26.3 Å². The zero-order valence-electron chi connectivity index (χ0n) is 11.9. The highest BCUT2D eigenvalue weighted by molar-refractivity contribution is 5.84. The van der Waals surface area contributed by atoms with E-state index in [1.54, 1.807) is 19.0 Å². The molecule has 104 valence electrons. The molecule has 2 amide bonds. The zero-order chi connectivity index (χ0) is 13.8. The molecule has 1 saturated heterocycles. The van der Waals surface area contributed by atoms with Crippen LogP contribution in [0.25, 0.3) is 0 Å². The van der Waals surface area contributed by atoms with Gasteiger partial charge in [0.25, 0.3) is 0 Å². The summed E-state index contributed by atoms with van der Waals surface area (Å²) in [4.78, 5) is 25.6. The summed E-state index contributed by atoms with van der Waals surface area (Å²) in [6.07, 6.45) is 1.94. The molecule has 0 bridgehead atoms. The second kappa shape index (κ2) is 6.18. The molecule has 1 aliphatic heterocycles. The highest BCUT2D eigenvalue weighted by Crippen LogP contribution is 2.27. The summed E-state index contributed by atoms with van der Waals surface area (Å²) >= 11 is 0. The van der Waals surface area contributed by atoms with Crippen molar-refractivity contribution in [3.63, 3.8) is 0 Å². The fraction of sp³-hybridized carbons (Fsp3) is 0.846. The first kappa shape index (κ1) is 15.0. The fourth-order valence-corrected chi connectivity index (χ4v) is 2.52. The van der Waals surface area contributed by atoms with Gasteiger partial charge >= 0.3 is 0 Å². The van der Waals surface area contributed by atoms with E-state index >= 15 is 0 Å². The molecule has 1 aliphatic rings. The Labute approximate surface area is 109 Å². The number of nitrogens with zero attached hydrogens (tertiary/aromatic N) is 1. The summed E-state index contributed by atoms with van der Waals surface area (Å²) in [7, 11) is 3.40. The predicted molar refractivity (Wildman–Crippen MR) is 71.1 cm³/mol. The van der Waals surface area contributed by atoms with Crippen molar-refractivity contribution in [2.75, 3.05) is 33.7 Å². The average molecular weight is 255 g/mol. The number of hydrogen-bond donors (Lipinski definition) is 2. The number of amides is 2. The van der Waals surface area contributed by atoms with Gasteiger partial charge < -0.3 is 15.5 Å². The van der Waals surface area contributed by atoms with E-state index in [2.05, 4.69) is 10.6 Å². The Hall–Kier alpha value is -1.10. The third kappa shape index (κ3) is 3.45. The van der Waals surface area contributed by atoms with Crippen LogP contribution >= 0.6 is 0 Å². The number of hydrogen-bond acceptors (Lipinski definition) is 3. The maximum absolute atomic E-state index is 12.4. The standard InChI is InChI=1S/C13H25N3O2/c1-10(11(17)14-3)8-16(4)12(18)13(2)6-5-7-15-9-13/h10,15H,5-9H2,1-4H3,(H,14,17). The third-order valence-corrected chi connectivity index (χ3v) is 3.70. The van der Waals surface area contributed by atoms with Gasteiger partial charge in [0, 0.05) is 27.2 Å². The minimum atomic E-state index is -0.324. The summed E-state index contributed by atoms with van der Waals surface area (Å²) in [6.45, 7) is 6.02. The van der Waals surface area contributed by atoms with Crippen molar-refractivity contribution in [1.29, 1.82) is 0 Å². The van der Waals surface area contributed by atoms with Gasteiger partial charge in [0.05, 0.1) is 11.3 Å². The van der Waals surface area contributed by atoms with Gasteiger partial charge in [-0.15, -0.1) is 0 Å². The number of carbonyl (C=O) groups is 2. The van der Waals surface area contributed by atoms with Crippen LogP contribution in [0.5, 0.6) is 0 Å². The number of nitrogens with one attached hydrogen (secondary N) is 2. The maximum atomic E-state index is 12.4. The van der Waals surface area contributed by atoms with E-state index in [0.717, 1.165) is 25.9 Å². The summed E-state index contributed by atoms with van der Waals surface area (Å²) in [5.41, 5.74) is -0.324. The molecule has 1 fully saturated rings. The van der Waals surface area contributed by atoms with E-state index in [4.69, 9.17) is 0 Å². The van der Waals surface area contributed by atoms with Crippen LogP contribution in [0.3, 0.4) is 0 Å². The molecule has 1 heterocycles. The lowest BCUT2D eigenvalue weighted by Crippen LogP contribution is -2.50. The molecule has 0 aliphatic carbocycles. The van der Waals surface area contributed by atoms with Crippen LogP contribution in [-0.2, 0) is 9.59 Å². The van der Waals surface area contributed by atoms with Gasteiger partial charge in [-0.25, -0.2) is 0 Å². The minimum absolute atomic E-state index is 0.0263. The van der Waals surface area contributed by atoms with Gasteiger partial charge in [0.1, 0.15) is 0 Å². The van der Waals surface area contributed by atoms with Crippen molar-refractivity contribution in [3.8, 4) is 0 Å². The van der Waals surface area contributed by atoms with Gasteiger partial charge in [-0.1, -0.05) is 6.92 Å². The Bertz CT molecular complexity index is 311. The Morgan fingerprint density at radius 3 is 2.67 bits per heavy atom. The molecule has 0 aromatic rings. The Balaban J connectivity index is 2.57. The van der Waals surface area contributed by atoms with Crippen molar-refractivity contribution in [1.82, 2.24) is 15.5 Å². The van der Waals surface area contributed by atoms with Crippen LogP contribution in [0.1, 0.15) is 26.7 Å². The molecule has 5 heteroatoms. The SMILES string of the molecule is CNC(=O)C(C)CN(C)C(=O)C1(C)CCCNC1. The first-order valence-electron chi connectivity index (χ1n) is 6.58. The van der Waals surface area contributed by atoms with Crippen LogP contribution in [0.4, 0.5) is 0 Å². The largest absolute Gasteiger partial charge is 0.359 e. The van der Waals surface area contributed by atoms with E-state index in [1.165, 1.54) is 0 Å². The fourth-order valence-electron chi connectivity index (χ4n) is 2.52. The van der Waals surface area contributed by atoms with E-state index in [1.807, 2.05) is 13.8 Å². The second-order valence-electron chi connectivity index (χ2n) is 5.54. The van der Waals surface area contributed by atoms with E-state index in [0.29, 0.717) is 6.54 Å². The monoisotopic (exact) mass is 255 g/mol. The van der Waals surface area contributed by atoms with E-state index < -0.39 is 0 Å². The Morgan fingerprint density at radius 1 is 1.50 bits per heavy atom. The molecular weight excluding hydrogens is 230 g/mol. The molecule has 0 spiro atoms. The van der Waals surface area contributed by atoms with Crippen molar-refractivity contribution >= 4 is 11.8 Å². The van der Waals surface area contributed by atoms with Crippen molar-refractivity contribution in [3.05, 3.63) is 0 Å². The maximum Gasteiger partial charge on any atom is 0.229 e. The molecular formula is C13H25N3O2. The normalized spacial score (nSPS) is 25.3. The molecule has 2 N–H and O–H groups in total. The lowest BCUT2D eigenvalue weighted by atomic mass is 9.81. The van der Waals surface area contributed by atoms with Crippen molar-refractivity contribution in [2.24, 2.45) is 11.3 Å². The highest BCUT2D eigenvalue weighted by atomic mass is 16.2. The molecule has 2 atom stereocenters. The molecule has 2 unspecified atom stereocenters. The van der Waals surface area contributed by atoms with E-state index in [-0.39, 0.29) is 23.1 Å². The molecule has 0 aromatic heterocycles. The molecule has 5 nitrogen and oxygen atoms in total.